The SMILES string of the molecule is CC1(C)CCCC(C2CC(C3CCCC3)C2)C1. The molecule has 98 valence electrons. The molecule has 17 heavy (non-hydrogen) atoms. The van der Waals surface area contributed by atoms with Crippen LogP contribution in [0.3, 0.4) is 0 Å². The number of rotatable bonds is 2. The van der Waals surface area contributed by atoms with Gasteiger partial charge < -0.3 is 0 Å². The quantitative estimate of drug-likeness (QED) is 0.598. The lowest BCUT2D eigenvalue weighted by molar-refractivity contribution is 0.0312. The van der Waals surface area contributed by atoms with Gasteiger partial charge in [0.25, 0.3) is 0 Å². The lowest BCUT2D eigenvalue weighted by Gasteiger charge is -2.47. The Labute approximate surface area is 108 Å². The third-order valence-electron chi connectivity index (χ3n) is 6.19. The molecule has 0 spiro atoms. The van der Waals surface area contributed by atoms with Gasteiger partial charge in [-0.25, -0.2) is 0 Å². The summed E-state index contributed by atoms with van der Waals surface area (Å²) in [5.41, 5.74) is 0.654. The van der Waals surface area contributed by atoms with Crippen LogP contribution in [0.25, 0.3) is 0 Å². The van der Waals surface area contributed by atoms with E-state index < -0.39 is 0 Å². The van der Waals surface area contributed by atoms with Crippen molar-refractivity contribution in [2.75, 3.05) is 0 Å². The second-order valence-electron chi connectivity index (χ2n) is 8.06. The molecule has 0 N–H and O–H groups in total. The van der Waals surface area contributed by atoms with Crippen LogP contribution < -0.4 is 0 Å². The molecule has 3 aliphatic carbocycles. The van der Waals surface area contributed by atoms with Gasteiger partial charge in [-0.1, -0.05) is 52.4 Å². The molecule has 0 heterocycles. The first kappa shape index (κ1) is 12.1. The Morgan fingerprint density at radius 3 is 1.94 bits per heavy atom. The van der Waals surface area contributed by atoms with E-state index in [2.05, 4.69) is 13.8 Å². The van der Waals surface area contributed by atoms with E-state index in [0.717, 1.165) is 23.7 Å². The molecule has 0 bridgehead atoms. The minimum Gasteiger partial charge on any atom is -0.0599 e. The van der Waals surface area contributed by atoms with Crippen LogP contribution in [-0.4, -0.2) is 0 Å². The van der Waals surface area contributed by atoms with Gasteiger partial charge in [0.05, 0.1) is 0 Å². The highest BCUT2D eigenvalue weighted by Crippen LogP contribution is 2.52. The fraction of sp³-hybridized carbons (Fsp3) is 1.00. The van der Waals surface area contributed by atoms with E-state index in [-0.39, 0.29) is 0 Å². The Hall–Kier alpha value is 0. The van der Waals surface area contributed by atoms with Crippen LogP contribution in [0.4, 0.5) is 0 Å². The van der Waals surface area contributed by atoms with Crippen molar-refractivity contribution in [3.8, 4) is 0 Å². The number of hydrogen-bond acceptors (Lipinski definition) is 0. The Bertz CT molecular complexity index is 253. The summed E-state index contributed by atoms with van der Waals surface area (Å²) in [5.74, 6) is 4.51. The topological polar surface area (TPSA) is 0 Å². The van der Waals surface area contributed by atoms with Crippen LogP contribution in [0, 0.1) is 29.1 Å². The van der Waals surface area contributed by atoms with Crippen LogP contribution in [0.15, 0.2) is 0 Å². The molecule has 3 saturated carbocycles. The summed E-state index contributed by atoms with van der Waals surface area (Å²) in [5, 5.41) is 0. The highest BCUT2D eigenvalue weighted by Gasteiger charge is 2.42. The van der Waals surface area contributed by atoms with Crippen molar-refractivity contribution in [3.63, 3.8) is 0 Å². The van der Waals surface area contributed by atoms with E-state index in [4.69, 9.17) is 0 Å². The summed E-state index contributed by atoms with van der Waals surface area (Å²) in [4.78, 5) is 0. The molecule has 0 aromatic carbocycles. The summed E-state index contributed by atoms with van der Waals surface area (Å²) >= 11 is 0. The predicted molar refractivity (Wildman–Crippen MR) is 73.9 cm³/mol. The second kappa shape index (κ2) is 4.59. The van der Waals surface area contributed by atoms with Crippen LogP contribution >= 0.6 is 0 Å². The molecule has 0 saturated heterocycles. The van der Waals surface area contributed by atoms with Crippen LogP contribution in [0.2, 0.25) is 0 Å². The summed E-state index contributed by atoms with van der Waals surface area (Å²) in [7, 11) is 0. The molecular formula is C17H30. The van der Waals surface area contributed by atoms with Gasteiger partial charge in [0, 0.05) is 0 Å². The van der Waals surface area contributed by atoms with Gasteiger partial charge in [0.1, 0.15) is 0 Å². The van der Waals surface area contributed by atoms with Gasteiger partial charge in [-0.05, 0) is 54.8 Å². The zero-order valence-corrected chi connectivity index (χ0v) is 11.9. The molecule has 0 amide bonds. The Morgan fingerprint density at radius 2 is 1.29 bits per heavy atom. The van der Waals surface area contributed by atoms with Crippen molar-refractivity contribution in [1.29, 1.82) is 0 Å². The largest absolute Gasteiger partial charge is 0.0599 e. The average Bonchev–Trinajstić information content (AvgIpc) is 2.67. The molecule has 0 radical (unpaired) electrons. The van der Waals surface area contributed by atoms with Crippen molar-refractivity contribution >= 4 is 0 Å². The maximum Gasteiger partial charge on any atom is -0.0351 e. The molecule has 3 aliphatic rings. The van der Waals surface area contributed by atoms with Crippen molar-refractivity contribution in [3.05, 3.63) is 0 Å². The molecule has 1 unspecified atom stereocenters. The zero-order valence-electron chi connectivity index (χ0n) is 11.9. The lowest BCUT2D eigenvalue weighted by atomic mass is 9.58. The first-order valence-electron chi connectivity index (χ1n) is 8.14. The molecular weight excluding hydrogens is 204 g/mol. The van der Waals surface area contributed by atoms with Crippen LogP contribution in [0.5, 0.6) is 0 Å². The van der Waals surface area contributed by atoms with Gasteiger partial charge >= 0.3 is 0 Å². The first-order valence-corrected chi connectivity index (χ1v) is 8.14. The fourth-order valence-corrected chi connectivity index (χ4v) is 5.07. The van der Waals surface area contributed by atoms with E-state index in [0.29, 0.717) is 5.41 Å². The highest BCUT2D eigenvalue weighted by atomic mass is 14.5. The molecule has 3 fully saturated rings. The average molecular weight is 234 g/mol. The molecule has 0 nitrogen and oxygen atoms in total. The molecule has 1 atom stereocenters. The fourth-order valence-electron chi connectivity index (χ4n) is 5.07. The van der Waals surface area contributed by atoms with Crippen LogP contribution in [-0.2, 0) is 0 Å². The molecule has 0 aromatic rings. The smallest absolute Gasteiger partial charge is 0.0351 e. The summed E-state index contributed by atoms with van der Waals surface area (Å²) in [6.07, 6.45) is 15.4. The standard InChI is InChI=1S/C17H30/c1-17(2)9-5-8-14(12-17)16-10-15(11-16)13-6-3-4-7-13/h13-16H,3-12H2,1-2H3. The van der Waals surface area contributed by atoms with E-state index in [1.54, 1.807) is 32.1 Å². The molecule has 0 aromatic heterocycles. The lowest BCUT2D eigenvalue weighted by Crippen LogP contribution is -2.37. The third-order valence-corrected chi connectivity index (χ3v) is 6.19. The Kier molecular flexibility index (Phi) is 3.26. The molecule has 3 rings (SSSR count). The normalized spacial score (nSPS) is 42.4. The second-order valence-corrected chi connectivity index (χ2v) is 8.06. The van der Waals surface area contributed by atoms with Gasteiger partial charge in [-0.2, -0.15) is 0 Å². The highest BCUT2D eigenvalue weighted by molar-refractivity contribution is 4.92. The minimum atomic E-state index is 0.654. The van der Waals surface area contributed by atoms with Gasteiger partial charge in [-0.3, -0.25) is 0 Å². The van der Waals surface area contributed by atoms with Gasteiger partial charge in [0.15, 0.2) is 0 Å². The van der Waals surface area contributed by atoms with Crippen molar-refractivity contribution < 1.29 is 0 Å². The maximum atomic E-state index is 2.49. The van der Waals surface area contributed by atoms with Crippen molar-refractivity contribution in [1.82, 2.24) is 0 Å². The predicted octanol–water partition coefficient (Wildman–Crippen LogP) is 5.42. The zero-order chi connectivity index (χ0) is 11.9. The third kappa shape index (κ3) is 2.56. The molecule has 0 aliphatic heterocycles. The van der Waals surface area contributed by atoms with Crippen molar-refractivity contribution in [2.24, 2.45) is 29.1 Å². The Morgan fingerprint density at radius 1 is 0.706 bits per heavy atom. The van der Waals surface area contributed by atoms with Gasteiger partial charge in [0.2, 0.25) is 0 Å². The summed E-state index contributed by atoms with van der Waals surface area (Å²) in [6.45, 7) is 4.98. The van der Waals surface area contributed by atoms with E-state index >= 15 is 0 Å². The van der Waals surface area contributed by atoms with Crippen LogP contribution in [0.1, 0.15) is 78.1 Å². The first-order chi connectivity index (χ1) is 8.14. The molecule has 0 heteroatoms. The minimum absolute atomic E-state index is 0.654. The monoisotopic (exact) mass is 234 g/mol. The van der Waals surface area contributed by atoms with Crippen molar-refractivity contribution in [2.45, 2.75) is 78.1 Å². The Balaban J connectivity index is 1.48. The number of hydrogen-bond donors (Lipinski definition) is 0. The summed E-state index contributed by atoms with van der Waals surface area (Å²) in [6, 6.07) is 0. The maximum absolute atomic E-state index is 2.49. The van der Waals surface area contributed by atoms with E-state index in [1.165, 1.54) is 32.1 Å². The van der Waals surface area contributed by atoms with Gasteiger partial charge in [-0.15, -0.1) is 0 Å². The van der Waals surface area contributed by atoms with E-state index in [9.17, 15) is 0 Å². The summed E-state index contributed by atoms with van der Waals surface area (Å²) < 4.78 is 0. The van der Waals surface area contributed by atoms with E-state index in [1.807, 2.05) is 0 Å².